The minimum absolute atomic E-state index is 0.119. The van der Waals surface area contributed by atoms with Gasteiger partial charge in [-0.3, -0.25) is 9.63 Å². The van der Waals surface area contributed by atoms with Gasteiger partial charge in [-0.25, -0.2) is 5.48 Å². The van der Waals surface area contributed by atoms with Crippen LogP contribution in [0.5, 0.6) is 5.75 Å². The molecule has 0 aliphatic carbocycles. The third kappa shape index (κ3) is 6.28. The average molecular weight is 302 g/mol. The van der Waals surface area contributed by atoms with Crippen LogP contribution in [0, 0.1) is 0 Å². The molecule has 1 aromatic rings. The van der Waals surface area contributed by atoms with Gasteiger partial charge in [0.1, 0.15) is 5.75 Å². The number of hydroxylamine groups is 1. The lowest BCUT2D eigenvalue weighted by Crippen LogP contribution is -2.23. The summed E-state index contributed by atoms with van der Waals surface area (Å²) in [5.74, 6) is 0.685. The second-order valence-electron chi connectivity index (χ2n) is 3.36. The molecule has 0 bridgehead atoms. The second kappa shape index (κ2) is 8.08. The first-order valence-electron chi connectivity index (χ1n) is 5.51. The number of amides is 1. The molecule has 1 rings (SSSR count). The number of rotatable bonds is 7. The Bertz CT molecular complexity index is 340. The van der Waals surface area contributed by atoms with Crippen molar-refractivity contribution in [3.05, 3.63) is 28.7 Å². The van der Waals surface area contributed by atoms with Gasteiger partial charge >= 0.3 is 0 Å². The number of hydrogen-bond acceptors (Lipinski definition) is 3. The number of ether oxygens (including phenoxy) is 1. The molecule has 4 nitrogen and oxygen atoms in total. The van der Waals surface area contributed by atoms with Crippen LogP contribution in [-0.2, 0) is 9.63 Å². The van der Waals surface area contributed by atoms with E-state index in [2.05, 4.69) is 21.4 Å². The van der Waals surface area contributed by atoms with Crippen LogP contribution < -0.4 is 10.2 Å². The molecular formula is C12H16BrNO3. The smallest absolute Gasteiger partial charge is 0.243 e. The zero-order chi connectivity index (χ0) is 12.5. The topological polar surface area (TPSA) is 47.6 Å². The molecule has 0 aromatic heterocycles. The quantitative estimate of drug-likeness (QED) is 0.622. The van der Waals surface area contributed by atoms with Gasteiger partial charge in [-0.1, -0.05) is 15.9 Å². The average Bonchev–Trinajstić information content (AvgIpc) is 2.34. The van der Waals surface area contributed by atoms with Gasteiger partial charge in [0.05, 0.1) is 13.2 Å². The first kappa shape index (κ1) is 14.0. The van der Waals surface area contributed by atoms with Crippen molar-refractivity contribution in [2.45, 2.75) is 19.8 Å². The lowest BCUT2D eigenvalue weighted by atomic mass is 10.3. The normalized spacial score (nSPS) is 10.0. The Morgan fingerprint density at radius 2 is 2.06 bits per heavy atom. The summed E-state index contributed by atoms with van der Waals surface area (Å²) in [6.07, 6.45) is 1.06. The number of halogens is 1. The van der Waals surface area contributed by atoms with E-state index in [4.69, 9.17) is 9.57 Å². The second-order valence-corrected chi connectivity index (χ2v) is 4.28. The molecule has 1 N–H and O–H groups in total. The highest BCUT2D eigenvalue weighted by molar-refractivity contribution is 9.10. The summed E-state index contributed by atoms with van der Waals surface area (Å²) < 4.78 is 6.49. The summed E-state index contributed by atoms with van der Waals surface area (Å²) in [4.78, 5) is 15.9. The van der Waals surface area contributed by atoms with E-state index < -0.39 is 0 Å². The van der Waals surface area contributed by atoms with Crippen LogP contribution in [0.2, 0.25) is 0 Å². The molecule has 0 spiro atoms. The molecule has 17 heavy (non-hydrogen) atoms. The number of nitrogens with one attached hydrogen (secondary N) is 1. The minimum Gasteiger partial charge on any atom is -0.494 e. The van der Waals surface area contributed by atoms with Gasteiger partial charge in [0.2, 0.25) is 5.91 Å². The van der Waals surface area contributed by atoms with Crippen LogP contribution in [0.3, 0.4) is 0 Å². The van der Waals surface area contributed by atoms with Crippen molar-refractivity contribution in [1.82, 2.24) is 5.48 Å². The van der Waals surface area contributed by atoms with Crippen molar-refractivity contribution < 1.29 is 14.4 Å². The molecule has 1 aromatic carbocycles. The molecule has 5 heteroatoms. The Balaban J connectivity index is 2.11. The fraction of sp³-hybridized carbons (Fsp3) is 0.417. The van der Waals surface area contributed by atoms with E-state index in [1.165, 1.54) is 0 Å². The van der Waals surface area contributed by atoms with E-state index in [0.717, 1.165) is 10.2 Å². The van der Waals surface area contributed by atoms with E-state index in [0.29, 0.717) is 26.1 Å². The maximum absolute atomic E-state index is 11.2. The van der Waals surface area contributed by atoms with Crippen molar-refractivity contribution in [2.24, 2.45) is 0 Å². The molecule has 0 heterocycles. The van der Waals surface area contributed by atoms with Crippen molar-refractivity contribution in [3.8, 4) is 5.75 Å². The number of carbonyl (C=O) groups excluding carboxylic acids is 1. The van der Waals surface area contributed by atoms with Gasteiger partial charge in [0.25, 0.3) is 0 Å². The molecule has 0 atom stereocenters. The van der Waals surface area contributed by atoms with E-state index in [9.17, 15) is 4.79 Å². The first-order valence-corrected chi connectivity index (χ1v) is 6.30. The van der Waals surface area contributed by atoms with Gasteiger partial charge in [0.15, 0.2) is 0 Å². The van der Waals surface area contributed by atoms with E-state index in [-0.39, 0.29) is 5.91 Å². The fourth-order valence-electron chi connectivity index (χ4n) is 1.16. The summed E-state index contributed by atoms with van der Waals surface area (Å²) in [7, 11) is 0. The summed E-state index contributed by atoms with van der Waals surface area (Å²) in [5.41, 5.74) is 2.34. The Hall–Kier alpha value is -1.07. The molecular weight excluding hydrogens is 286 g/mol. The highest BCUT2D eigenvalue weighted by atomic mass is 79.9. The monoisotopic (exact) mass is 301 g/mol. The number of carbonyl (C=O) groups is 1. The van der Waals surface area contributed by atoms with Crippen molar-refractivity contribution in [1.29, 1.82) is 0 Å². The van der Waals surface area contributed by atoms with Crippen LogP contribution in [0.1, 0.15) is 19.8 Å². The molecule has 0 unspecified atom stereocenters. The van der Waals surface area contributed by atoms with Crippen LogP contribution in [0.25, 0.3) is 0 Å². The van der Waals surface area contributed by atoms with Crippen LogP contribution in [0.4, 0.5) is 0 Å². The zero-order valence-electron chi connectivity index (χ0n) is 9.74. The molecule has 0 aliphatic rings. The molecule has 94 valence electrons. The largest absolute Gasteiger partial charge is 0.494 e. The summed E-state index contributed by atoms with van der Waals surface area (Å²) in [6, 6.07) is 7.59. The Labute approximate surface area is 109 Å². The van der Waals surface area contributed by atoms with E-state index >= 15 is 0 Å². The highest BCUT2D eigenvalue weighted by Crippen LogP contribution is 2.16. The Morgan fingerprint density at radius 1 is 1.35 bits per heavy atom. The first-order chi connectivity index (χ1) is 8.22. The number of hydrogen-bond donors (Lipinski definition) is 1. The van der Waals surface area contributed by atoms with Crippen LogP contribution in [0.15, 0.2) is 28.7 Å². The lowest BCUT2D eigenvalue weighted by Gasteiger charge is -2.06. The number of benzene rings is 1. The van der Waals surface area contributed by atoms with Crippen LogP contribution >= 0.6 is 15.9 Å². The molecule has 0 saturated heterocycles. The molecule has 0 radical (unpaired) electrons. The summed E-state index contributed by atoms with van der Waals surface area (Å²) in [6.45, 7) is 2.80. The zero-order valence-corrected chi connectivity index (χ0v) is 11.3. The van der Waals surface area contributed by atoms with Crippen molar-refractivity contribution >= 4 is 21.8 Å². The summed E-state index contributed by atoms with van der Waals surface area (Å²) >= 11 is 3.35. The maximum Gasteiger partial charge on any atom is 0.243 e. The predicted octanol–water partition coefficient (Wildman–Crippen LogP) is 2.68. The lowest BCUT2D eigenvalue weighted by molar-refractivity contribution is -0.133. The predicted molar refractivity (Wildman–Crippen MR) is 68.6 cm³/mol. The molecule has 1 amide bonds. The highest BCUT2D eigenvalue weighted by Gasteiger charge is 2.00. The van der Waals surface area contributed by atoms with Gasteiger partial charge < -0.3 is 4.74 Å². The van der Waals surface area contributed by atoms with Gasteiger partial charge in [-0.2, -0.15) is 0 Å². The van der Waals surface area contributed by atoms with E-state index in [1.54, 1.807) is 0 Å². The fourth-order valence-corrected chi connectivity index (χ4v) is 1.42. The van der Waals surface area contributed by atoms with Gasteiger partial charge in [-0.15, -0.1) is 0 Å². The SMILES string of the molecule is CCONC(=O)CCCOc1ccc(Br)cc1. The third-order valence-electron chi connectivity index (χ3n) is 1.96. The standard InChI is InChI=1S/C12H16BrNO3/c1-2-17-14-12(15)4-3-9-16-11-7-5-10(13)6-8-11/h5-8H,2-4,9H2,1H3,(H,14,15). The maximum atomic E-state index is 11.2. The van der Waals surface area contributed by atoms with Crippen LogP contribution in [-0.4, -0.2) is 19.1 Å². The summed E-state index contributed by atoms with van der Waals surface area (Å²) in [5, 5.41) is 0. The van der Waals surface area contributed by atoms with Crippen molar-refractivity contribution in [3.63, 3.8) is 0 Å². The Morgan fingerprint density at radius 3 is 2.71 bits per heavy atom. The molecule has 0 saturated carbocycles. The molecule has 0 aliphatic heterocycles. The molecule has 0 fully saturated rings. The third-order valence-corrected chi connectivity index (χ3v) is 2.49. The van der Waals surface area contributed by atoms with Crippen molar-refractivity contribution in [2.75, 3.05) is 13.2 Å². The van der Waals surface area contributed by atoms with Gasteiger partial charge in [0, 0.05) is 10.9 Å². The van der Waals surface area contributed by atoms with E-state index in [1.807, 2.05) is 31.2 Å². The van der Waals surface area contributed by atoms with Gasteiger partial charge in [-0.05, 0) is 37.6 Å². The Kier molecular flexibility index (Phi) is 6.65. The minimum atomic E-state index is -0.119.